The second-order valence-corrected chi connectivity index (χ2v) is 7.02. The maximum atomic E-state index is 12.7. The average molecular weight is 395 g/mol. The van der Waals surface area contributed by atoms with E-state index >= 15 is 0 Å². The maximum absolute atomic E-state index is 12.7. The SMILES string of the molecule is CCc1ccc(C(=O)NC(=NC[C@H]2CCCO2)Nc2ccc3c(c2)OCO3)cc1. The molecule has 0 unspecified atom stereocenters. The van der Waals surface area contributed by atoms with Crippen LogP contribution in [0, 0.1) is 0 Å². The van der Waals surface area contributed by atoms with Gasteiger partial charge in [0.05, 0.1) is 12.6 Å². The highest BCUT2D eigenvalue weighted by atomic mass is 16.7. The van der Waals surface area contributed by atoms with Crippen molar-refractivity contribution in [3.05, 3.63) is 53.6 Å². The molecular formula is C22H25N3O4. The van der Waals surface area contributed by atoms with Gasteiger partial charge in [-0.1, -0.05) is 19.1 Å². The summed E-state index contributed by atoms with van der Waals surface area (Å²) in [6.45, 7) is 3.55. The van der Waals surface area contributed by atoms with E-state index in [2.05, 4.69) is 22.5 Å². The first-order chi connectivity index (χ1) is 14.2. The fourth-order valence-corrected chi connectivity index (χ4v) is 3.27. The van der Waals surface area contributed by atoms with Crippen LogP contribution in [0.15, 0.2) is 47.5 Å². The number of hydrogen-bond donors (Lipinski definition) is 2. The van der Waals surface area contributed by atoms with Crippen LogP contribution in [0.1, 0.15) is 35.7 Å². The number of rotatable bonds is 5. The summed E-state index contributed by atoms with van der Waals surface area (Å²) >= 11 is 0. The minimum atomic E-state index is -0.216. The predicted molar refractivity (Wildman–Crippen MR) is 111 cm³/mol. The highest BCUT2D eigenvalue weighted by Crippen LogP contribution is 2.34. The number of amides is 1. The minimum Gasteiger partial charge on any atom is -0.454 e. The molecule has 0 spiro atoms. The Hall–Kier alpha value is -3.06. The predicted octanol–water partition coefficient (Wildman–Crippen LogP) is 3.35. The standard InChI is InChI=1S/C22H25N3O4/c1-2-15-5-7-16(8-6-15)21(26)25-22(23-13-18-4-3-11-27-18)24-17-9-10-19-20(12-17)29-14-28-19/h5-10,12,18H,2-4,11,13-14H2,1H3,(H2,23,24,25,26)/t18-/m1/s1. The number of carbonyl (C=O) groups excluding carboxylic acids is 1. The van der Waals surface area contributed by atoms with Crippen LogP contribution in [-0.2, 0) is 11.2 Å². The molecule has 2 heterocycles. The van der Waals surface area contributed by atoms with Crippen molar-refractivity contribution in [2.75, 3.05) is 25.3 Å². The summed E-state index contributed by atoms with van der Waals surface area (Å²) in [5.74, 6) is 1.53. The summed E-state index contributed by atoms with van der Waals surface area (Å²) in [5, 5.41) is 6.07. The van der Waals surface area contributed by atoms with Gasteiger partial charge >= 0.3 is 0 Å². The third-order valence-electron chi connectivity index (χ3n) is 4.97. The van der Waals surface area contributed by atoms with Crippen molar-refractivity contribution in [3.8, 4) is 11.5 Å². The fraction of sp³-hybridized carbons (Fsp3) is 0.364. The first-order valence-corrected chi connectivity index (χ1v) is 9.94. The van der Waals surface area contributed by atoms with Crippen molar-refractivity contribution in [2.45, 2.75) is 32.3 Å². The zero-order valence-corrected chi connectivity index (χ0v) is 16.4. The molecule has 1 amide bonds. The molecule has 0 radical (unpaired) electrons. The van der Waals surface area contributed by atoms with Crippen LogP contribution in [0.3, 0.4) is 0 Å². The molecule has 7 heteroatoms. The number of benzene rings is 2. The summed E-state index contributed by atoms with van der Waals surface area (Å²) in [6, 6.07) is 13.1. The number of nitrogens with one attached hydrogen (secondary N) is 2. The summed E-state index contributed by atoms with van der Waals surface area (Å²) in [4.78, 5) is 17.3. The lowest BCUT2D eigenvalue weighted by Gasteiger charge is -2.14. The highest BCUT2D eigenvalue weighted by Gasteiger charge is 2.17. The molecule has 2 aromatic rings. The molecule has 2 aliphatic heterocycles. The largest absolute Gasteiger partial charge is 0.454 e. The van der Waals surface area contributed by atoms with E-state index in [0.717, 1.165) is 31.6 Å². The Morgan fingerprint density at radius 1 is 1.14 bits per heavy atom. The van der Waals surface area contributed by atoms with Gasteiger partial charge in [0.1, 0.15) is 0 Å². The van der Waals surface area contributed by atoms with E-state index in [0.29, 0.717) is 29.6 Å². The number of aryl methyl sites for hydroxylation is 1. The average Bonchev–Trinajstić information content (AvgIpc) is 3.43. The van der Waals surface area contributed by atoms with E-state index in [-0.39, 0.29) is 18.8 Å². The lowest BCUT2D eigenvalue weighted by Crippen LogP contribution is -2.36. The first kappa shape index (κ1) is 19.3. The van der Waals surface area contributed by atoms with Crippen LogP contribution >= 0.6 is 0 Å². The molecule has 4 rings (SSSR count). The van der Waals surface area contributed by atoms with E-state index in [4.69, 9.17) is 14.2 Å². The Balaban J connectivity index is 1.49. The number of aliphatic imine (C=N–C) groups is 1. The Kier molecular flexibility index (Phi) is 5.95. The van der Waals surface area contributed by atoms with Crippen LogP contribution in [0.4, 0.5) is 5.69 Å². The van der Waals surface area contributed by atoms with Gasteiger partial charge in [0.2, 0.25) is 12.8 Å². The molecule has 1 atom stereocenters. The van der Waals surface area contributed by atoms with Gasteiger partial charge in [-0.05, 0) is 49.1 Å². The Morgan fingerprint density at radius 2 is 1.97 bits per heavy atom. The molecule has 152 valence electrons. The van der Waals surface area contributed by atoms with Crippen LogP contribution in [-0.4, -0.2) is 37.9 Å². The number of carbonyl (C=O) groups is 1. The van der Waals surface area contributed by atoms with Crippen molar-refractivity contribution in [2.24, 2.45) is 4.99 Å². The lowest BCUT2D eigenvalue weighted by molar-refractivity contribution is 0.0975. The van der Waals surface area contributed by atoms with Gasteiger partial charge < -0.3 is 19.5 Å². The van der Waals surface area contributed by atoms with Gasteiger partial charge in [0, 0.05) is 23.9 Å². The first-order valence-electron chi connectivity index (χ1n) is 9.94. The molecule has 2 N–H and O–H groups in total. The van der Waals surface area contributed by atoms with E-state index in [9.17, 15) is 4.79 Å². The molecular weight excluding hydrogens is 370 g/mol. The van der Waals surface area contributed by atoms with Crippen molar-refractivity contribution in [1.82, 2.24) is 5.32 Å². The monoisotopic (exact) mass is 395 g/mol. The quantitative estimate of drug-likeness (QED) is 0.599. The molecule has 0 aromatic heterocycles. The van der Waals surface area contributed by atoms with Crippen molar-refractivity contribution >= 4 is 17.6 Å². The van der Waals surface area contributed by atoms with Crippen LogP contribution < -0.4 is 20.1 Å². The third kappa shape index (κ3) is 4.86. The smallest absolute Gasteiger partial charge is 0.257 e. The van der Waals surface area contributed by atoms with Crippen molar-refractivity contribution < 1.29 is 19.0 Å². The number of fused-ring (bicyclic) bond motifs is 1. The molecule has 29 heavy (non-hydrogen) atoms. The molecule has 0 bridgehead atoms. The summed E-state index contributed by atoms with van der Waals surface area (Å²) in [5.41, 5.74) is 2.52. The summed E-state index contributed by atoms with van der Waals surface area (Å²) in [7, 11) is 0. The van der Waals surface area contributed by atoms with Gasteiger partial charge in [-0.15, -0.1) is 0 Å². The molecule has 1 fully saturated rings. The third-order valence-corrected chi connectivity index (χ3v) is 4.97. The molecule has 7 nitrogen and oxygen atoms in total. The van der Waals surface area contributed by atoms with Gasteiger partial charge in [-0.3, -0.25) is 10.1 Å². The Bertz CT molecular complexity index is 889. The molecule has 0 aliphatic carbocycles. The van der Waals surface area contributed by atoms with Gasteiger partial charge in [0.25, 0.3) is 5.91 Å². The molecule has 2 aliphatic rings. The minimum absolute atomic E-state index is 0.0873. The van der Waals surface area contributed by atoms with Crippen LogP contribution in [0.5, 0.6) is 11.5 Å². The number of nitrogens with zero attached hydrogens (tertiary/aromatic N) is 1. The number of guanidine groups is 1. The van der Waals surface area contributed by atoms with Crippen molar-refractivity contribution in [3.63, 3.8) is 0 Å². The maximum Gasteiger partial charge on any atom is 0.257 e. The van der Waals surface area contributed by atoms with E-state index in [1.165, 1.54) is 5.56 Å². The number of hydrogen-bond acceptors (Lipinski definition) is 5. The second kappa shape index (κ2) is 8.96. The normalized spacial score (nSPS) is 18.0. The number of anilines is 1. The van der Waals surface area contributed by atoms with E-state index < -0.39 is 0 Å². The topological polar surface area (TPSA) is 81.2 Å². The second-order valence-electron chi connectivity index (χ2n) is 7.02. The number of ether oxygens (including phenoxy) is 3. The van der Waals surface area contributed by atoms with Gasteiger partial charge in [-0.2, -0.15) is 0 Å². The lowest BCUT2D eigenvalue weighted by atomic mass is 10.1. The van der Waals surface area contributed by atoms with E-state index in [1.54, 1.807) is 0 Å². The molecule has 0 saturated carbocycles. The van der Waals surface area contributed by atoms with Gasteiger partial charge in [-0.25, -0.2) is 4.99 Å². The van der Waals surface area contributed by atoms with E-state index in [1.807, 2.05) is 42.5 Å². The zero-order valence-electron chi connectivity index (χ0n) is 16.4. The fourth-order valence-electron chi connectivity index (χ4n) is 3.27. The highest BCUT2D eigenvalue weighted by molar-refractivity contribution is 6.10. The molecule has 2 aromatic carbocycles. The summed E-state index contributed by atoms with van der Waals surface area (Å²) in [6.07, 6.45) is 3.04. The Morgan fingerprint density at radius 3 is 2.72 bits per heavy atom. The van der Waals surface area contributed by atoms with Crippen LogP contribution in [0.25, 0.3) is 0 Å². The van der Waals surface area contributed by atoms with Crippen molar-refractivity contribution in [1.29, 1.82) is 0 Å². The summed E-state index contributed by atoms with van der Waals surface area (Å²) < 4.78 is 16.4. The van der Waals surface area contributed by atoms with Gasteiger partial charge in [0.15, 0.2) is 11.5 Å². The van der Waals surface area contributed by atoms with Crippen LogP contribution in [0.2, 0.25) is 0 Å². The molecule has 1 saturated heterocycles. The Labute approximate surface area is 170 Å². The zero-order chi connectivity index (χ0) is 20.1.